The van der Waals surface area contributed by atoms with E-state index in [9.17, 15) is 14.4 Å². The number of imidazole rings is 1. The molecule has 1 aromatic carbocycles. The molecule has 0 saturated heterocycles. The van der Waals surface area contributed by atoms with E-state index >= 15 is 0 Å². The number of hydrogen-bond acceptors (Lipinski definition) is 5. The molecule has 160 valence electrons. The Balaban J connectivity index is 1.90. The van der Waals surface area contributed by atoms with E-state index < -0.39 is 11.2 Å². The highest BCUT2D eigenvalue weighted by molar-refractivity contribution is 7.99. The number of fused-ring (bicyclic) bond motifs is 1. The molecule has 8 nitrogen and oxygen atoms in total. The molecule has 11 heteroatoms. The minimum absolute atomic E-state index is 0.0582. The lowest BCUT2D eigenvalue weighted by atomic mass is 10.3. The highest BCUT2D eigenvalue weighted by Gasteiger charge is 2.20. The summed E-state index contributed by atoms with van der Waals surface area (Å²) in [6.45, 7) is 2.61. The maximum absolute atomic E-state index is 12.7. The normalized spacial score (nSPS) is 11.2. The van der Waals surface area contributed by atoms with Crippen LogP contribution in [0.25, 0.3) is 11.2 Å². The van der Waals surface area contributed by atoms with Crippen molar-refractivity contribution in [1.82, 2.24) is 18.7 Å². The van der Waals surface area contributed by atoms with E-state index in [2.05, 4.69) is 10.3 Å². The van der Waals surface area contributed by atoms with Gasteiger partial charge in [0.25, 0.3) is 5.56 Å². The predicted octanol–water partition coefficient (Wildman–Crippen LogP) is 3.27. The van der Waals surface area contributed by atoms with Crippen molar-refractivity contribution in [1.29, 1.82) is 0 Å². The van der Waals surface area contributed by atoms with Gasteiger partial charge in [0.15, 0.2) is 16.3 Å². The van der Waals surface area contributed by atoms with Gasteiger partial charge in [0.05, 0.1) is 16.5 Å². The Kier molecular flexibility index (Phi) is 6.95. The fraction of sp³-hybridized carbons (Fsp3) is 0.368. The van der Waals surface area contributed by atoms with Crippen molar-refractivity contribution in [2.45, 2.75) is 31.5 Å². The first-order chi connectivity index (χ1) is 14.2. The number of unbranched alkanes of at least 4 members (excludes halogenated alkanes) is 1. The van der Waals surface area contributed by atoms with Crippen LogP contribution in [0.2, 0.25) is 10.0 Å². The number of anilines is 1. The highest BCUT2D eigenvalue weighted by Crippen LogP contribution is 2.26. The number of amides is 1. The summed E-state index contributed by atoms with van der Waals surface area (Å²) in [4.78, 5) is 41.9. The minimum Gasteiger partial charge on any atom is -0.324 e. The van der Waals surface area contributed by atoms with Crippen LogP contribution in [-0.4, -0.2) is 30.3 Å². The molecule has 2 aromatic heterocycles. The van der Waals surface area contributed by atoms with Gasteiger partial charge in [-0.05, 0) is 24.6 Å². The van der Waals surface area contributed by atoms with Crippen LogP contribution in [0.1, 0.15) is 19.8 Å². The molecule has 0 aliphatic carbocycles. The zero-order valence-corrected chi connectivity index (χ0v) is 19.1. The van der Waals surface area contributed by atoms with Crippen molar-refractivity contribution in [2.75, 3.05) is 11.1 Å². The van der Waals surface area contributed by atoms with Crippen molar-refractivity contribution in [3.63, 3.8) is 0 Å². The summed E-state index contributed by atoms with van der Waals surface area (Å²) >= 11 is 13.2. The number of nitrogens with zero attached hydrogens (tertiary/aromatic N) is 4. The molecule has 2 heterocycles. The van der Waals surface area contributed by atoms with Gasteiger partial charge in [-0.3, -0.25) is 18.7 Å². The number of rotatable bonds is 7. The Bertz CT molecular complexity index is 1230. The van der Waals surface area contributed by atoms with E-state index in [0.717, 1.165) is 17.4 Å². The average molecular weight is 470 g/mol. The first-order valence-electron chi connectivity index (χ1n) is 9.28. The third kappa shape index (κ3) is 4.43. The molecular weight excluding hydrogens is 449 g/mol. The molecule has 0 bridgehead atoms. The summed E-state index contributed by atoms with van der Waals surface area (Å²) < 4.78 is 4.20. The topological polar surface area (TPSA) is 90.9 Å². The Morgan fingerprint density at radius 3 is 2.60 bits per heavy atom. The number of aryl methyl sites for hydroxylation is 2. The zero-order valence-electron chi connectivity index (χ0n) is 16.7. The number of aromatic nitrogens is 4. The first-order valence-corrected chi connectivity index (χ1v) is 11.0. The summed E-state index contributed by atoms with van der Waals surface area (Å²) in [7, 11) is 3.02. The molecule has 0 aliphatic heterocycles. The molecule has 30 heavy (non-hydrogen) atoms. The van der Waals surface area contributed by atoms with Gasteiger partial charge < -0.3 is 9.88 Å². The molecule has 0 saturated carbocycles. The number of hydrogen-bond donors (Lipinski definition) is 1. The Labute approximate surface area is 186 Å². The molecular formula is C19H21Cl2N5O3S. The lowest BCUT2D eigenvalue weighted by Gasteiger charge is -2.09. The fourth-order valence-corrected chi connectivity index (χ4v) is 4.25. The fourth-order valence-electron chi connectivity index (χ4n) is 2.97. The molecule has 0 aliphatic rings. The number of thioether (sulfide) groups is 1. The van der Waals surface area contributed by atoms with Crippen molar-refractivity contribution in [3.05, 3.63) is 49.1 Å². The molecule has 1 N–H and O–H groups in total. The van der Waals surface area contributed by atoms with Gasteiger partial charge in [0.2, 0.25) is 5.91 Å². The van der Waals surface area contributed by atoms with Crippen molar-refractivity contribution < 1.29 is 4.79 Å². The van der Waals surface area contributed by atoms with Gasteiger partial charge in [0.1, 0.15) is 0 Å². The summed E-state index contributed by atoms with van der Waals surface area (Å²) in [6, 6.07) is 4.81. The SMILES string of the molecule is CCCCn1c(SCC(=O)Nc2ccc(Cl)cc2Cl)nc2c1c(=O)n(C)c(=O)n2C. The summed E-state index contributed by atoms with van der Waals surface area (Å²) in [5, 5.41) is 4.06. The Morgan fingerprint density at radius 1 is 1.20 bits per heavy atom. The highest BCUT2D eigenvalue weighted by atomic mass is 35.5. The third-order valence-corrected chi connectivity index (χ3v) is 6.11. The van der Waals surface area contributed by atoms with E-state index in [1.807, 2.05) is 6.92 Å². The maximum Gasteiger partial charge on any atom is 0.332 e. The van der Waals surface area contributed by atoms with Gasteiger partial charge in [-0.15, -0.1) is 0 Å². The van der Waals surface area contributed by atoms with Crippen molar-refractivity contribution in [2.24, 2.45) is 14.1 Å². The summed E-state index contributed by atoms with van der Waals surface area (Å²) in [5.41, 5.74) is 0.280. The predicted molar refractivity (Wildman–Crippen MR) is 121 cm³/mol. The summed E-state index contributed by atoms with van der Waals surface area (Å²) in [6.07, 6.45) is 1.75. The number of nitrogens with one attached hydrogen (secondary N) is 1. The van der Waals surface area contributed by atoms with Crippen LogP contribution >= 0.6 is 35.0 Å². The quantitative estimate of drug-likeness (QED) is 0.536. The van der Waals surface area contributed by atoms with E-state index in [0.29, 0.717) is 38.6 Å². The number of halogens is 2. The van der Waals surface area contributed by atoms with Gasteiger partial charge >= 0.3 is 5.69 Å². The number of carbonyl (C=O) groups is 1. The molecule has 1 amide bonds. The van der Waals surface area contributed by atoms with Gasteiger partial charge in [-0.1, -0.05) is 48.3 Å². The third-order valence-electron chi connectivity index (χ3n) is 4.59. The second kappa shape index (κ2) is 9.28. The minimum atomic E-state index is -0.445. The van der Waals surface area contributed by atoms with Crippen LogP contribution in [-0.2, 0) is 25.4 Å². The molecule has 0 atom stereocenters. The molecule has 0 unspecified atom stereocenters. The molecule has 0 radical (unpaired) electrons. The standard InChI is InChI=1S/C19H21Cl2N5O3S/c1-4-5-8-26-15-16(24(2)19(29)25(3)17(15)28)23-18(26)30-10-14(27)22-13-7-6-11(20)9-12(13)21/h6-7,9H,4-5,8,10H2,1-3H3,(H,22,27). The van der Waals surface area contributed by atoms with E-state index in [4.69, 9.17) is 23.2 Å². The Hall–Kier alpha value is -2.23. The van der Waals surface area contributed by atoms with Crippen LogP contribution in [0.15, 0.2) is 32.9 Å². The van der Waals surface area contributed by atoms with Crippen LogP contribution in [0.4, 0.5) is 5.69 Å². The molecule has 3 aromatic rings. The van der Waals surface area contributed by atoms with Crippen LogP contribution in [0.5, 0.6) is 0 Å². The van der Waals surface area contributed by atoms with Gasteiger partial charge in [0, 0.05) is 25.7 Å². The van der Waals surface area contributed by atoms with Crippen molar-refractivity contribution >= 4 is 57.7 Å². The lowest BCUT2D eigenvalue weighted by molar-refractivity contribution is -0.113. The average Bonchev–Trinajstić information content (AvgIpc) is 3.08. The monoisotopic (exact) mass is 469 g/mol. The smallest absolute Gasteiger partial charge is 0.324 e. The lowest BCUT2D eigenvalue weighted by Crippen LogP contribution is -2.37. The van der Waals surface area contributed by atoms with E-state index in [-0.39, 0.29) is 11.7 Å². The maximum atomic E-state index is 12.7. The van der Waals surface area contributed by atoms with Crippen LogP contribution < -0.4 is 16.6 Å². The second-order valence-electron chi connectivity index (χ2n) is 6.74. The largest absolute Gasteiger partial charge is 0.332 e. The van der Waals surface area contributed by atoms with Gasteiger partial charge in [-0.25, -0.2) is 9.78 Å². The van der Waals surface area contributed by atoms with E-state index in [1.165, 1.54) is 23.4 Å². The molecule has 0 spiro atoms. The number of carbonyl (C=O) groups excluding carboxylic acids is 1. The molecule has 3 rings (SSSR count). The zero-order chi connectivity index (χ0) is 22.0. The van der Waals surface area contributed by atoms with Crippen LogP contribution in [0.3, 0.4) is 0 Å². The van der Waals surface area contributed by atoms with Gasteiger partial charge in [-0.2, -0.15) is 0 Å². The Morgan fingerprint density at radius 2 is 1.93 bits per heavy atom. The first kappa shape index (κ1) is 22.5. The second-order valence-corrected chi connectivity index (χ2v) is 8.52. The van der Waals surface area contributed by atoms with Crippen LogP contribution in [0, 0.1) is 0 Å². The van der Waals surface area contributed by atoms with E-state index in [1.54, 1.807) is 29.8 Å². The summed E-state index contributed by atoms with van der Waals surface area (Å²) in [5.74, 6) is -0.219. The van der Waals surface area contributed by atoms with Crippen molar-refractivity contribution in [3.8, 4) is 0 Å². The molecule has 0 fully saturated rings. The number of benzene rings is 1.